The lowest BCUT2D eigenvalue weighted by molar-refractivity contribution is -0.253. The van der Waals surface area contributed by atoms with Crippen LogP contribution in [0.25, 0.3) is 0 Å². The smallest absolute Gasteiger partial charge is 0.428 e. The van der Waals surface area contributed by atoms with Crippen molar-refractivity contribution in [3.05, 3.63) is 42.5 Å². The highest BCUT2D eigenvalue weighted by Crippen LogP contribution is 2.29. The molecule has 1 saturated heterocycles. The van der Waals surface area contributed by atoms with Gasteiger partial charge in [0.1, 0.15) is 5.75 Å². The van der Waals surface area contributed by atoms with Crippen LogP contribution < -0.4 is 10.1 Å². The van der Waals surface area contributed by atoms with E-state index in [0.29, 0.717) is 0 Å². The predicted octanol–water partition coefficient (Wildman–Crippen LogP) is 3.48. The Morgan fingerprint density at radius 1 is 1.17 bits per heavy atom. The molecule has 0 saturated carbocycles. The van der Waals surface area contributed by atoms with E-state index >= 15 is 0 Å². The minimum atomic E-state index is -4.49. The van der Waals surface area contributed by atoms with Crippen LogP contribution in [0.5, 0.6) is 5.75 Å². The molecule has 8 heteroatoms. The third-order valence-electron chi connectivity index (χ3n) is 3.50. The van der Waals surface area contributed by atoms with Crippen LogP contribution in [-0.4, -0.2) is 43.6 Å². The van der Waals surface area contributed by atoms with E-state index in [1.807, 2.05) is 0 Å². The van der Waals surface area contributed by atoms with E-state index in [-0.39, 0.29) is 24.2 Å². The van der Waals surface area contributed by atoms with Crippen molar-refractivity contribution in [1.29, 1.82) is 0 Å². The number of piperazine rings is 1. The van der Waals surface area contributed by atoms with Crippen LogP contribution in [0.15, 0.2) is 36.9 Å². The number of hydrogen-bond acceptors (Lipinski definition) is 3. The lowest BCUT2D eigenvalue weighted by Gasteiger charge is -2.33. The molecule has 0 bridgehead atoms. The van der Waals surface area contributed by atoms with Crippen LogP contribution in [0, 0.1) is 0 Å². The third kappa shape index (κ3) is 5.09. The lowest BCUT2D eigenvalue weighted by atomic mass is 10.0. The van der Waals surface area contributed by atoms with Crippen molar-refractivity contribution in [1.82, 2.24) is 10.2 Å². The molecule has 0 aliphatic carbocycles. The molecule has 0 aromatic heterocycles. The molecule has 1 aliphatic heterocycles. The number of nitrogens with zero attached hydrogens (tertiary/aromatic N) is 1. The maximum atomic E-state index is 12.8. The predicted molar refractivity (Wildman–Crippen MR) is 82.6 cm³/mol. The first-order valence-electron chi connectivity index (χ1n) is 6.96. The van der Waals surface area contributed by atoms with Crippen LogP contribution in [0.3, 0.4) is 0 Å². The Morgan fingerprint density at radius 2 is 1.74 bits per heavy atom. The second-order valence-corrected chi connectivity index (χ2v) is 5.00. The third-order valence-corrected chi connectivity index (χ3v) is 3.50. The van der Waals surface area contributed by atoms with Crippen molar-refractivity contribution in [2.75, 3.05) is 26.2 Å². The Balaban J connectivity index is 0.00000264. The van der Waals surface area contributed by atoms with Gasteiger partial charge in [0.15, 0.2) is 0 Å². The van der Waals surface area contributed by atoms with Crippen LogP contribution in [0.2, 0.25) is 0 Å². The van der Waals surface area contributed by atoms with Crippen LogP contribution in [0.1, 0.15) is 11.6 Å². The van der Waals surface area contributed by atoms with Gasteiger partial charge in [0.2, 0.25) is 0 Å². The maximum Gasteiger partial charge on any atom is 0.461 e. The Hall–Kier alpha value is -1.31. The zero-order chi connectivity index (χ0) is 16.2. The second kappa shape index (κ2) is 8.52. The van der Waals surface area contributed by atoms with E-state index in [1.165, 1.54) is 12.1 Å². The number of rotatable bonds is 6. The van der Waals surface area contributed by atoms with E-state index in [9.17, 15) is 17.6 Å². The summed E-state index contributed by atoms with van der Waals surface area (Å²) in [6.45, 7) is 7.23. The standard InChI is InChI=1S/C15H18F4N2O.ClH/c1-2-13(21-9-7-20-8-10-21)11-3-5-12(6-4-11)22-15(18,19)14(16)17;/h2-6,13-14,20H,1,7-10H2;1H/t13-;/m1./s1. The fraction of sp³-hybridized carbons (Fsp3) is 0.467. The average molecular weight is 355 g/mol. The SMILES string of the molecule is C=C[C@H](c1ccc(OC(F)(F)C(F)F)cc1)N1CCNCC1.Cl. The summed E-state index contributed by atoms with van der Waals surface area (Å²) in [4.78, 5) is 2.20. The first kappa shape index (κ1) is 19.7. The molecule has 23 heavy (non-hydrogen) atoms. The molecule has 1 aromatic carbocycles. The Labute approximate surface area is 138 Å². The molecule has 0 radical (unpaired) electrons. The molecule has 0 amide bonds. The molecule has 1 aromatic rings. The molecular formula is C15H19ClF4N2O. The Bertz CT molecular complexity index is 493. The summed E-state index contributed by atoms with van der Waals surface area (Å²) in [5.41, 5.74) is 0.851. The molecule has 1 fully saturated rings. The van der Waals surface area contributed by atoms with Crippen LogP contribution in [-0.2, 0) is 0 Å². The topological polar surface area (TPSA) is 24.5 Å². The van der Waals surface area contributed by atoms with Crippen LogP contribution >= 0.6 is 12.4 Å². The van der Waals surface area contributed by atoms with Crippen molar-refractivity contribution >= 4 is 12.4 Å². The summed E-state index contributed by atoms with van der Waals surface area (Å²) < 4.78 is 53.9. The summed E-state index contributed by atoms with van der Waals surface area (Å²) in [5, 5.41) is 3.24. The number of halogens is 5. The van der Waals surface area contributed by atoms with E-state index < -0.39 is 12.5 Å². The molecule has 1 heterocycles. The summed E-state index contributed by atoms with van der Waals surface area (Å²) >= 11 is 0. The van der Waals surface area contributed by atoms with Gasteiger partial charge in [0.05, 0.1) is 6.04 Å². The van der Waals surface area contributed by atoms with E-state index in [1.54, 1.807) is 18.2 Å². The molecule has 0 unspecified atom stereocenters. The highest BCUT2D eigenvalue weighted by Gasteiger charge is 2.43. The number of alkyl halides is 4. The molecule has 1 aliphatic rings. The fourth-order valence-corrected chi connectivity index (χ4v) is 2.39. The van der Waals surface area contributed by atoms with E-state index in [2.05, 4.69) is 21.5 Å². The van der Waals surface area contributed by atoms with Gasteiger partial charge in [-0.05, 0) is 17.7 Å². The van der Waals surface area contributed by atoms with Gasteiger partial charge in [-0.3, -0.25) is 4.90 Å². The van der Waals surface area contributed by atoms with Gasteiger partial charge in [-0.2, -0.15) is 17.6 Å². The first-order chi connectivity index (χ1) is 10.4. The average Bonchev–Trinajstić information content (AvgIpc) is 2.50. The monoisotopic (exact) mass is 354 g/mol. The Morgan fingerprint density at radius 3 is 2.22 bits per heavy atom. The molecule has 2 rings (SSSR count). The summed E-state index contributed by atoms with van der Waals surface area (Å²) in [6.07, 6.45) is -6.58. The van der Waals surface area contributed by atoms with Crippen LogP contribution in [0.4, 0.5) is 17.6 Å². The molecule has 1 N–H and O–H groups in total. The maximum absolute atomic E-state index is 12.8. The van der Waals surface area contributed by atoms with Crippen molar-refractivity contribution in [3.8, 4) is 5.75 Å². The normalized spacial score (nSPS) is 17.4. The second-order valence-electron chi connectivity index (χ2n) is 5.00. The van der Waals surface area contributed by atoms with Gasteiger partial charge in [-0.25, -0.2) is 0 Å². The van der Waals surface area contributed by atoms with Gasteiger partial charge in [0, 0.05) is 26.2 Å². The molecular weight excluding hydrogens is 336 g/mol. The van der Waals surface area contributed by atoms with Gasteiger partial charge < -0.3 is 10.1 Å². The Kier molecular flexibility index (Phi) is 7.31. The molecule has 3 nitrogen and oxygen atoms in total. The van der Waals surface area contributed by atoms with Crippen molar-refractivity contribution in [3.63, 3.8) is 0 Å². The highest BCUT2D eigenvalue weighted by molar-refractivity contribution is 5.85. The summed E-state index contributed by atoms with van der Waals surface area (Å²) in [6, 6.07) is 5.66. The lowest BCUT2D eigenvalue weighted by Crippen LogP contribution is -2.44. The zero-order valence-electron chi connectivity index (χ0n) is 12.4. The highest BCUT2D eigenvalue weighted by atomic mass is 35.5. The van der Waals surface area contributed by atoms with Gasteiger partial charge in [-0.15, -0.1) is 19.0 Å². The number of nitrogens with one attached hydrogen (secondary N) is 1. The molecule has 1 atom stereocenters. The largest absolute Gasteiger partial charge is 0.461 e. The minimum Gasteiger partial charge on any atom is -0.428 e. The summed E-state index contributed by atoms with van der Waals surface area (Å²) in [5.74, 6) is -0.294. The fourth-order valence-electron chi connectivity index (χ4n) is 2.39. The van der Waals surface area contributed by atoms with Gasteiger partial charge in [0.25, 0.3) is 0 Å². The van der Waals surface area contributed by atoms with Crippen molar-refractivity contribution in [2.24, 2.45) is 0 Å². The molecule has 130 valence electrons. The zero-order valence-corrected chi connectivity index (χ0v) is 13.2. The van der Waals surface area contributed by atoms with Gasteiger partial charge >= 0.3 is 12.5 Å². The van der Waals surface area contributed by atoms with Crippen molar-refractivity contribution in [2.45, 2.75) is 18.6 Å². The van der Waals surface area contributed by atoms with E-state index in [4.69, 9.17) is 0 Å². The minimum absolute atomic E-state index is 0. The number of benzene rings is 1. The number of hydrogen-bond donors (Lipinski definition) is 1. The number of ether oxygens (including phenoxy) is 1. The molecule has 0 spiro atoms. The quantitative estimate of drug-likeness (QED) is 0.625. The van der Waals surface area contributed by atoms with Gasteiger partial charge in [-0.1, -0.05) is 18.2 Å². The first-order valence-corrected chi connectivity index (χ1v) is 6.96. The van der Waals surface area contributed by atoms with Crippen molar-refractivity contribution < 1.29 is 22.3 Å². The summed E-state index contributed by atoms with van der Waals surface area (Å²) in [7, 11) is 0. The van der Waals surface area contributed by atoms with E-state index in [0.717, 1.165) is 31.7 Å².